The molecule has 6 nitrogen and oxygen atoms in total. The van der Waals surface area contributed by atoms with E-state index in [9.17, 15) is 0 Å². The van der Waals surface area contributed by atoms with Crippen molar-refractivity contribution in [3.05, 3.63) is 16.9 Å². The second-order valence-electron chi connectivity index (χ2n) is 4.42. The zero-order valence-corrected chi connectivity index (χ0v) is 13.1. The largest absolute Gasteiger partial charge is 0.393 e. The van der Waals surface area contributed by atoms with Crippen LogP contribution in [0.25, 0.3) is 0 Å². The number of aryl methyl sites for hydroxylation is 2. The highest BCUT2D eigenvalue weighted by Crippen LogP contribution is 2.30. The van der Waals surface area contributed by atoms with Gasteiger partial charge in [-0.05, 0) is 27.7 Å². The minimum Gasteiger partial charge on any atom is -0.393 e. The lowest BCUT2D eigenvalue weighted by atomic mass is 10.4. The molecule has 0 unspecified atom stereocenters. The molecular weight excluding hydrogens is 272 g/mol. The van der Waals surface area contributed by atoms with E-state index >= 15 is 0 Å². The van der Waals surface area contributed by atoms with Crippen molar-refractivity contribution in [2.24, 2.45) is 0 Å². The summed E-state index contributed by atoms with van der Waals surface area (Å²) in [7, 11) is 0. The first-order valence-corrected chi connectivity index (χ1v) is 7.44. The monoisotopic (exact) mass is 292 g/mol. The lowest BCUT2D eigenvalue weighted by molar-refractivity contribution is 0.844. The minimum atomic E-state index is 0.557. The molecule has 0 saturated carbocycles. The van der Waals surface area contributed by atoms with E-state index in [0.717, 1.165) is 29.7 Å². The third kappa shape index (κ3) is 2.82. The van der Waals surface area contributed by atoms with Crippen LogP contribution in [0.2, 0.25) is 0 Å². The third-order valence-electron chi connectivity index (χ3n) is 3.18. The van der Waals surface area contributed by atoms with Crippen LogP contribution in [-0.2, 0) is 0 Å². The molecular formula is C13H20N6S. The molecule has 2 rings (SSSR count). The first-order chi connectivity index (χ1) is 9.56. The van der Waals surface area contributed by atoms with Crippen LogP contribution < -0.4 is 16.0 Å². The maximum atomic E-state index is 6.18. The van der Waals surface area contributed by atoms with Crippen molar-refractivity contribution in [2.75, 3.05) is 29.0 Å². The predicted octanol–water partition coefficient (Wildman–Crippen LogP) is 2.72. The molecule has 2 aromatic heterocycles. The Morgan fingerprint density at radius 1 is 1.25 bits per heavy atom. The van der Waals surface area contributed by atoms with Gasteiger partial charge in [-0.2, -0.15) is 0 Å². The van der Waals surface area contributed by atoms with Gasteiger partial charge >= 0.3 is 0 Å². The maximum Gasteiger partial charge on any atom is 0.188 e. The molecule has 0 fully saturated rings. The summed E-state index contributed by atoms with van der Waals surface area (Å²) in [5, 5.41) is 3.98. The van der Waals surface area contributed by atoms with Crippen LogP contribution in [0.3, 0.4) is 0 Å². The maximum absolute atomic E-state index is 6.18. The topological polar surface area (TPSA) is 80.0 Å². The number of anilines is 4. The third-order valence-corrected chi connectivity index (χ3v) is 4.17. The second kappa shape index (κ2) is 6.04. The molecule has 0 saturated heterocycles. The number of nitrogens with two attached hydrogens (primary N) is 1. The first-order valence-electron chi connectivity index (χ1n) is 6.63. The molecule has 7 heteroatoms. The van der Waals surface area contributed by atoms with Crippen molar-refractivity contribution in [2.45, 2.75) is 27.7 Å². The van der Waals surface area contributed by atoms with Crippen molar-refractivity contribution >= 4 is 33.8 Å². The van der Waals surface area contributed by atoms with Crippen molar-refractivity contribution in [3.8, 4) is 0 Å². The SMILES string of the molecule is CCN(CC)c1ncnc(Nc2nc(C)c(C)s2)c1N. The summed E-state index contributed by atoms with van der Waals surface area (Å²) in [5.74, 6) is 1.37. The Labute approximate surface area is 123 Å². The molecule has 3 N–H and O–H groups in total. The summed E-state index contributed by atoms with van der Waals surface area (Å²) in [6.07, 6.45) is 1.53. The van der Waals surface area contributed by atoms with E-state index < -0.39 is 0 Å². The lowest BCUT2D eigenvalue weighted by Gasteiger charge is -2.21. The summed E-state index contributed by atoms with van der Waals surface area (Å²) in [6, 6.07) is 0. The highest BCUT2D eigenvalue weighted by atomic mass is 32.1. The lowest BCUT2D eigenvalue weighted by Crippen LogP contribution is -2.24. The number of hydrogen-bond acceptors (Lipinski definition) is 7. The summed E-state index contributed by atoms with van der Waals surface area (Å²) in [6.45, 7) is 9.89. The fourth-order valence-corrected chi connectivity index (χ4v) is 2.70. The van der Waals surface area contributed by atoms with E-state index in [1.54, 1.807) is 11.3 Å². The Morgan fingerprint density at radius 2 is 1.95 bits per heavy atom. The van der Waals surface area contributed by atoms with Gasteiger partial charge in [0, 0.05) is 18.0 Å². The molecule has 0 amide bonds. The van der Waals surface area contributed by atoms with Gasteiger partial charge in [0.05, 0.1) is 5.69 Å². The minimum absolute atomic E-state index is 0.557. The van der Waals surface area contributed by atoms with Crippen molar-refractivity contribution in [1.29, 1.82) is 0 Å². The van der Waals surface area contributed by atoms with Gasteiger partial charge in [0.25, 0.3) is 0 Å². The van der Waals surface area contributed by atoms with E-state index in [0.29, 0.717) is 11.5 Å². The molecule has 0 aliphatic carbocycles. The Kier molecular flexibility index (Phi) is 4.39. The van der Waals surface area contributed by atoms with Gasteiger partial charge in [-0.1, -0.05) is 0 Å². The van der Waals surface area contributed by atoms with Gasteiger partial charge in [-0.3, -0.25) is 0 Å². The Morgan fingerprint density at radius 3 is 2.50 bits per heavy atom. The second-order valence-corrected chi connectivity index (χ2v) is 5.62. The smallest absolute Gasteiger partial charge is 0.188 e. The van der Waals surface area contributed by atoms with Gasteiger partial charge in [-0.15, -0.1) is 11.3 Å². The number of aromatic nitrogens is 3. The van der Waals surface area contributed by atoms with Crippen LogP contribution in [0.1, 0.15) is 24.4 Å². The zero-order valence-electron chi connectivity index (χ0n) is 12.3. The highest BCUT2D eigenvalue weighted by Gasteiger charge is 2.14. The predicted molar refractivity (Wildman–Crippen MR) is 84.9 cm³/mol. The number of rotatable bonds is 5. The molecule has 20 heavy (non-hydrogen) atoms. The van der Waals surface area contributed by atoms with Crippen LogP contribution in [0.4, 0.5) is 22.5 Å². The van der Waals surface area contributed by atoms with Gasteiger partial charge in [0.2, 0.25) is 0 Å². The molecule has 0 radical (unpaired) electrons. The van der Waals surface area contributed by atoms with Crippen LogP contribution in [-0.4, -0.2) is 28.0 Å². The Balaban J connectivity index is 2.31. The number of nitrogens with zero attached hydrogens (tertiary/aromatic N) is 4. The van der Waals surface area contributed by atoms with Crippen LogP contribution in [0, 0.1) is 13.8 Å². The van der Waals surface area contributed by atoms with Crippen LogP contribution in [0.5, 0.6) is 0 Å². The van der Waals surface area contributed by atoms with E-state index in [4.69, 9.17) is 5.73 Å². The number of nitrogen functional groups attached to an aromatic ring is 1. The Bertz CT molecular complexity index is 571. The van der Waals surface area contributed by atoms with Crippen LogP contribution >= 0.6 is 11.3 Å². The van der Waals surface area contributed by atoms with Gasteiger partial charge in [0.1, 0.15) is 12.0 Å². The zero-order chi connectivity index (χ0) is 14.7. The number of thiazole rings is 1. The molecule has 0 aromatic carbocycles. The molecule has 0 atom stereocenters. The van der Waals surface area contributed by atoms with Crippen LogP contribution in [0.15, 0.2) is 6.33 Å². The quantitative estimate of drug-likeness (QED) is 0.882. The normalized spacial score (nSPS) is 10.6. The number of hydrogen-bond donors (Lipinski definition) is 2. The molecule has 2 heterocycles. The van der Waals surface area contributed by atoms with Gasteiger partial charge in [0.15, 0.2) is 16.8 Å². The standard InChI is InChI=1S/C13H20N6S/c1-5-19(6-2)12-10(14)11(15-7-16-12)18-13-17-8(3)9(4)20-13/h7H,5-6,14H2,1-4H3,(H,15,16,17,18). The molecule has 0 aliphatic heterocycles. The van der Waals surface area contributed by atoms with E-state index in [1.165, 1.54) is 11.2 Å². The first kappa shape index (κ1) is 14.5. The summed E-state index contributed by atoms with van der Waals surface area (Å²) >= 11 is 1.59. The summed E-state index contributed by atoms with van der Waals surface area (Å²) in [4.78, 5) is 16.2. The van der Waals surface area contributed by atoms with Gasteiger partial charge < -0.3 is 16.0 Å². The fourth-order valence-electron chi connectivity index (χ4n) is 1.89. The molecule has 0 spiro atoms. The fraction of sp³-hybridized carbons (Fsp3) is 0.462. The average Bonchev–Trinajstić information content (AvgIpc) is 2.74. The summed E-state index contributed by atoms with van der Waals surface area (Å²) < 4.78 is 0. The van der Waals surface area contributed by atoms with E-state index in [1.807, 2.05) is 13.8 Å². The van der Waals surface area contributed by atoms with Gasteiger partial charge in [-0.25, -0.2) is 15.0 Å². The van der Waals surface area contributed by atoms with Crippen molar-refractivity contribution < 1.29 is 0 Å². The van der Waals surface area contributed by atoms with Crippen molar-refractivity contribution in [1.82, 2.24) is 15.0 Å². The van der Waals surface area contributed by atoms with E-state index in [-0.39, 0.29) is 0 Å². The molecule has 0 bridgehead atoms. The Hall–Kier alpha value is -1.89. The highest BCUT2D eigenvalue weighted by molar-refractivity contribution is 7.15. The number of nitrogens with one attached hydrogen (secondary N) is 1. The average molecular weight is 292 g/mol. The molecule has 108 valence electrons. The van der Waals surface area contributed by atoms with Crippen molar-refractivity contribution in [3.63, 3.8) is 0 Å². The van der Waals surface area contributed by atoms with E-state index in [2.05, 4.69) is 39.0 Å². The molecule has 2 aromatic rings. The summed E-state index contributed by atoms with van der Waals surface area (Å²) in [5.41, 5.74) is 7.76. The molecule has 0 aliphatic rings.